The molecule has 0 aromatic heterocycles. The summed E-state index contributed by atoms with van der Waals surface area (Å²) in [5, 5.41) is 6.00. The summed E-state index contributed by atoms with van der Waals surface area (Å²) in [5.74, 6) is 2.34. The maximum atomic E-state index is 6.91. The van der Waals surface area contributed by atoms with Crippen LogP contribution in [-0.2, 0) is 6.42 Å². The summed E-state index contributed by atoms with van der Waals surface area (Å²) in [6.07, 6.45) is 7.80. The fraction of sp³-hybridized carbons (Fsp3) is 0.407. The number of hydrogen-bond donors (Lipinski definition) is 1. The second kappa shape index (κ2) is 8.20. The Morgan fingerprint density at radius 1 is 0.862 bits per heavy atom. The Labute approximate surface area is 174 Å². The van der Waals surface area contributed by atoms with E-state index in [1.54, 1.807) is 0 Å². The lowest BCUT2D eigenvalue weighted by Gasteiger charge is -2.41. The van der Waals surface area contributed by atoms with E-state index in [0.29, 0.717) is 12.0 Å². The number of hydrogen-bond acceptors (Lipinski definition) is 2. The van der Waals surface area contributed by atoms with E-state index in [4.69, 9.17) is 4.74 Å². The summed E-state index contributed by atoms with van der Waals surface area (Å²) in [6.45, 7) is 0. The van der Waals surface area contributed by atoms with Crippen LogP contribution in [0, 0.1) is 11.8 Å². The van der Waals surface area contributed by atoms with Gasteiger partial charge in [-0.3, -0.25) is 0 Å². The molecule has 0 spiro atoms. The molecule has 1 N–H and O–H groups in total. The van der Waals surface area contributed by atoms with E-state index >= 15 is 0 Å². The molecule has 2 heteroatoms. The summed E-state index contributed by atoms with van der Waals surface area (Å²) in [7, 11) is 2.12. The highest BCUT2D eigenvalue weighted by molar-refractivity contribution is 5.88. The van der Waals surface area contributed by atoms with Crippen LogP contribution in [0.4, 0.5) is 0 Å². The van der Waals surface area contributed by atoms with Gasteiger partial charge in [0.2, 0.25) is 0 Å². The number of aryl methyl sites for hydroxylation is 1. The lowest BCUT2D eigenvalue weighted by Crippen LogP contribution is -2.38. The molecular weight excluding hydrogens is 354 g/mol. The highest BCUT2D eigenvalue weighted by Crippen LogP contribution is 2.46. The average Bonchev–Trinajstić information content (AvgIpc) is 2.79. The topological polar surface area (TPSA) is 21.3 Å². The van der Waals surface area contributed by atoms with Gasteiger partial charge in [0, 0.05) is 17.3 Å². The van der Waals surface area contributed by atoms with Gasteiger partial charge in [-0.1, -0.05) is 67.1 Å². The van der Waals surface area contributed by atoms with Crippen molar-refractivity contribution >= 4 is 10.8 Å². The summed E-state index contributed by atoms with van der Waals surface area (Å²) < 4.78 is 6.91. The molecule has 0 radical (unpaired) electrons. The standard InChI is InChI=1S/C27H31NO/c1-28-22-12-6-11-21(18-22)25-17-16-20-9-3-5-14-24(20)27(25)29-26-15-7-10-19-8-2-4-13-23(19)26/h2-5,7-10,13-15,21-22,25,27-28H,6,11-12,16-18H2,1H3/t21?,22-,25+,27-/m0/s1. The third-order valence-corrected chi connectivity index (χ3v) is 7.23. The summed E-state index contributed by atoms with van der Waals surface area (Å²) in [4.78, 5) is 0. The van der Waals surface area contributed by atoms with E-state index < -0.39 is 0 Å². The quantitative estimate of drug-likeness (QED) is 0.569. The molecular formula is C27H31NO. The van der Waals surface area contributed by atoms with Gasteiger partial charge >= 0.3 is 0 Å². The molecule has 0 amide bonds. The minimum atomic E-state index is 0.145. The van der Waals surface area contributed by atoms with Crippen LogP contribution in [0.5, 0.6) is 5.75 Å². The molecule has 2 aliphatic rings. The van der Waals surface area contributed by atoms with E-state index in [9.17, 15) is 0 Å². The fourth-order valence-electron chi connectivity index (χ4n) is 5.69. The van der Waals surface area contributed by atoms with Gasteiger partial charge in [0.25, 0.3) is 0 Å². The SMILES string of the molecule is CN[C@H]1CCCC([C@H]2CCc3ccccc3[C@@H]2Oc2cccc3ccccc23)C1. The van der Waals surface area contributed by atoms with E-state index in [2.05, 4.69) is 79.1 Å². The first-order valence-corrected chi connectivity index (χ1v) is 11.2. The first kappa shape index (κ1) is 18.7. The number of ether oxygens (including phenoxy) is 1. The molecule has 3 aromatic carbocycles. The van der Waals surface area contributed by atoms with E-state index in [0.717, 1.165) is 11.7 Å². The van der Waals surface area contributed by atoms with Gasteiger partial charge in [-0.25, -0.2) is 0 Å². The Bertz CT molecular complexity index is 976. The van der Waals surface area contributed by atoms with Crippen LogP contribution in [0.15, 0.2) is 66.7 Å². The maximum Gasteiger partial charge on any atom is 0.128 e. The number of benzene rings is 3. The smallest absolute Gasteiger partial charge is 0.128 e. The molecule has 29 heavy (non-hydrogen) atoms. The van der Waals surface area contributed by atoms with Crippen LogP contribution in [-0.4, -0.2) is 13.1 Å². The normalized spacial score (nSPS) is 26.8. The number of fused-ring (bicyclic) bond motifs is 2. The van der Waals surface area contributed by atoms with Crippen LogP contribution in [0.25, 0.3) is 10.8 Å². The summed E-state index contributed by atoms with van der Waals surface area (Å²) in [5.41, 5.74) is 2.87. The highest BCUT2D eigenvalue weighted by Gasteiger charge is 2.38. The van der Waals surface area contributed by atoms with Gasteiger partial charge in [-0.15, -0.1) is 0 Å². The van der Waals surface area contributed by atoms with E-state index in [-0.39, 0.29) is 6.10 Å². The molecule has 150 valence electrons. The molecule has 1 saturated carbocycles. The maximum absolute atomic E-state index is 6.91. The highest BCUT2D eigenvalue weighted by atomic mass is 16.5. The number of rotatable bonds is 4. The molecule has 0 aliphatic heterocycles. The van der Waals surface area contributed by atoms with E-state index in [1.807, 2.05) is 0 Å². The minimum Gasteiger partial charge on any atom is -0.485 e. The largest absolute Gasteiger partial charge is 0.485 e. The second-order valence-electron chi connectivity index (χ2n) is 8.83. The van der Waals surface area contributed by atoms with Crippen molar-refractivity contribution < 1.29 is 4.74 Å². The molecule has 2 nitrogen and oxygen atoms in total. The van der Waals surface area contributed by atoms with Crippen molar-refractivity contribution in [1.82, 2.24) is 5.32 Å². The van der Waals surface area contributed by atoms with Crippen molar-refractivity contribution in [3.8, 4) is 5.75 Å². The predicted octanol–water partition coefficient (Wildman–Crippen LogP) is 6.30. The second-order valence-corrected chi connectivity index (χ2v) is 8.83. The molecule has 1 unspecified atom stereocenters. The Hall–Kier alpha value is -2.32. The van der Waals surface area contributed by atoms with Crippen molar-refractivity contribution in [2.24, 2.45) is 11.8 Å². The van der Waals surface area contributed by atoms with Crippen LogP contribution < -0.4 is 10.1 Å². The zero-order chi connectivity index (χ0) is 19.6. The fourth-order valence-corrected chi connectivity index (χ4v) is 5.69. The molecule has 2 aliphatic carbocycles. The monoisotopic (exact) mass is 385 g/mol. The van der Waals surface area contributed by atoms with Gasteiger partial charge < -0.3 is 10.1 Å². The van der Waals surface area contributed by atoms with Crippen LogP contribution >= 0.6 is 0 Å². The van der Waals surface area contributed by atoms with Gasteiger partial charge in [0.05, 0.1) is 0 Å². The van der Waals surface area contributed by atoms with Gasteiger partial charge in [-0.2, -0.15) is 0 Å². The van der Waals surface area contributed by atoms with Crippen molar-refractivity contribution in [3.05, 3.63) is 77.9 Å². The van der Waals surface area contributed by atoms with Crippen LogP contribution in [0.1, 0.15) is 49.3 Å². The Kier molecular flexibility index (Phi) is 5.28. The first-order chi connectivity index (χ1) is 14.3. The molecule has 3 aromatic rings. The average molecular weight is 386 g/mol. The first-order valence-electron chi connectivity index (χ1n) is 11.2. The third-order valence-electron chi connectivity index (χ3n) is 7.23. The molecule has 0 saturated heterocycles. The van der Waals surface area contributed by atoms with Gasteiger partial charge in [0.15, 0.2) is 0 Å². The Balaban J connectivity index is 1.52. The number of nitrogens with one attached hydrogen (secondary N) is 1. The summed E-state index contributed by atoms with van der Waals surface area (Å²) >= 11 is 0. The lowest BCUT2D eigenvalue weighted by atomic mass is 9.69. The molecule has 4 atom stereocenters. The van der Waals surface area contributed by atoms with Crippen molar-refractivity contribution in [2.45, 2.75) is 50.7 Å². The Morgan fingerprint density at radius 3 is 2.62 bits per heavy atom. The predicted molar refractivity (Wildman–Crippen MR) is 120 cm³/mol. The van der Waals surface area contributed by atoms with E-state index in [1.165, 1.54) is 60.4 Å². The zero-order valence-corrected chi connectivity index (χ0v) is 17.3. The lowest BCUT2D eigenvalue weighted by molar-refractivity contribution is 0.0590. The molecule has 5 rings (SSSR count). The summed E-state index contributed by atoms with van der Waals surface area (Å²) in [6, 6.07) is 24.6. The van der Waals surface area contributed by atoms with Crippen molar-refractivity contribution in [3.63, 3.8) is 0 Å². The minimum absolute atomic E-state index is 0.145. The van der Waals surface area contributed by atoms with Crippen molar-refractivity contribution in [2.75, 3.05) is 7.05 Å². The molecule has 0 bridgehead atoms. The zero-order valence-electron chi connectivity index (χ0n) is 17.3. The van der Waals surface area contributed by atoms with Crippen LogP contribution in [0.3, 0.4) is 0 Å². The third kappa shape index (κ3) is 3.67. The van der Waals surface area contributed by atoms with Gasteiger partial charge in [0.1, 0.15) is 11.9 Å². The Morgan fingerprint density at radius 2 is 1.69 bits per heavy atom. The molecule has 1 fully saturated rings. The van der Waals surface area contributed by atoms with Crippen LogP contribution in [0.2, 0.25) is 0 Å². The van der Waals surface area contributed by atoms with Crippen molar-refractivity contribution in [1.29, 1.82) is 0 Å². The van der Waals surface area contributed by atoms with Gasteiger partial charge in [-0.05, 0) is 67.6 Å². The molecule has 0 heterocycles.